The molecule has 2 aromatic rings. The molecule has 1 aliphatic heterocycles. The van der Waals surface area contributed by atoms with Crippen LogP contribution < -0.4 is 10.1 Å². The van der Waals surface area contributed by atoms with E-state index in [1.54, 1.807) is 19.2 Å². The Bertz CT molecular complexity index is 801. The van der Waals surface area contributed by atoms with Gasteiger partial charge < -0.3 is 15.0 Å². The molecule has 3 rings (SSSR count). The number of anilines is 1. The number of likely N-dealkylation sites (tertiary alicyclic amines) is 1. The van der Waals surface area contributed by atoms with Crippen LogP contribution in [0.1, 0.15) is 30.1 Å². The maximum Gasteiger partial charge on any atom is 0.255 e. The number of methoxy groups -OCH3 is 1. The molecule has 5 nitrogen and oxygen atoms in total. The Balaban J connectivity index is 1.67. The lowest BCUT2D eigenvalue weighted by Crippen LogP contribution is -2.29. The minimum absolute atomic E-state index is 0.0149. The van der Waals surface area contributed by atoms with Gasteiger partial charge in [-0.25, -0.2) is 0 Å². The zero-order valence-electron chi connectivity index (χ0n) is 15.6. The standard InChI is InChI=1S/C21H24N2O3S/c1-15(27-17-11-9-16(26-2)10-12-17)20(24)22-19-8-4-3-7-18(19)21(25)23-13-5-6-14-23/h3-4,7-12,15H,5-6,13-14H2,1-2H3,(H,22,24). The van der Waals surface area contributed by atoms with Crippen molar-refractivity contribution in [2.24, 2.45) is 0 Å². The maximum absolute atomic E-state index is 12.7. The molecule has 0 spiro atoms. The number of hydrogen-bond donors (Lipinski definition) is 1. The molecule has 0 radical (unpaired) electrons. The second-order valence-electron chi connectivity index (χ2n) is 6.47. The second kappa shape index (κ2) is 8.95. The smallest absolute Gasteiger partial charge is 0.255 e. The van der Waals surface area contributed by atoms with Crippen molar-refractivity contribution in [3.63, 3.8) is 0 Å². The number of carbonyl (C=O) groups excluding carboxylic acids is 2. The van der Waals surface area contributed by atoms with Crippen molar-refractivity contribution in [1.29, 1.82) is 0 Å². The summed E-state index contributed by atoms with van der Waals surface area (Å²) in [6.07, 6.45) is 2.08. The van der Waals surface area contributed by atoms with E-state index in [9.17, 15) is 9.59 Å². The van der Waals surface area contributed by atoms with Crippen molar-refractivity contribution in [2.45, 2.75) is 29.9 Å². The van der Waals surface area contributed by atoms with Gasteiger partial charge in [0.05, 0.1) is 23.6 Å². The van der Waals surface area contributed by atoms with E-state index in [0.29, 0.717) is 11.3 Å². The summed E-state index contributed by atoms with van der Waals surface area (Å²) in [5.41, 5.74) is 1.12. The third-order valence-corrected chi connectivity index (χ3v) is 5.66. The van der Waals surface area contributed by atoms with Crippen LogP contribution in [-0.4, -0.2) is 42.2 Å². The number of amides is 2. The van der Waals surface area contributed by atoms with Gasteiger partial charge in [0.15, 0.2) is 0 Å². The summed E-state index contributed by atoms with van der Waals surface area (Å²) in [6, 6.07) is 14.8. The highest BCUT2D eigenvalue weighted by Crippen LogP contribution is 2.27. The predicted octanol–water partition coefficient (Wildman–Crippen LogP) is 4.05. The fraction of sp³-hybridized carbons (Fsp3) is 0.333. The molecule has 0 aromatic heterocycles. The summed E-state index contributed by atoms with van der Waals surface area (Å²) in [4.78, 5) is 28.2. The highest BCUT2D eigenvalue weighted by atomic mass is 32.2. The summed E-state index contributed by atoms with van der Waals surface area (Å²) >= 11 is 1.47. The molecule has 1 atom stereocenters. The van der Waals surface area contributed by atoms with Gasteiger partial charge in [0.25, 0.3) is 5.91 Å². The first-order valence-corrected chi connectivity index (χ1v) is 9.96. The van der Waals surface area contributed by atoms with E-state index in [2.05, 4.69) is 5.32 Å². The maximum atomic E-state index is 12.7. The van der Waals surface area contributed by atoms with E-state index in [1.807, 2.05) is 48.2 Å². The topological polar surface area (TPSA) is 58.6 Å². The quantitative estimate of drug-likeness (QED) is 0.764. The lowest BCUT2D eigenvalue weighted by molar-refractivity contribution is -0.115. The molecule has 142 valence electrons. The molecule has 1 fully saturated rings. The van der Waals surface area contributed by atoms with Gasteiger partial charge >= 0.3 is 0 Å². The molecule has 6 heteroatoms. The third-order valence-electron chi connectivity index (χ3n) is 4.55. The van der Waals surface area contributed by atoms with Crippen molar-refractivity contribution < 1.29 is 14.3 Å². The summed E-state index contributed by atoms with van der Waals surface area (Å²) in [5.74, 6) is 0.641. The van der Waals surface area contributed by atoms with Crippen LogP contribution in [0.4, 0.5) is 5.69 Å². The van der Waals surface area contributed by atoms with Crippen LogP contribution in [0.2, 0.25) is 0 Å². The summed E-state index contributed by atoms with van der Waals surface area (Å²) < 4.78 is 5.15. The first-order valence-electron chi connectivity index (χ1n) is 9.08. The van der Waals surface area contributed by atoms with Crippen LogP contribution in [-0.2, 0) is 4.79 Å². The molecule has 2 amide bonds. The number of nitrogens with one attached hydrogen (secondary N) is 1. The molecular weight excluding hydrogens is 360 g/mol. The summed E-state index contributed by atoms with van der Waals surface area (Å²) in [5, 5.41) is 2.63. The molecule has 27 heavy (non-hydrogen) atoms. The number of benzene rings is 2. The molecule has 1 unspecified atom stereocenters. The van der Waals surface area contributed by atoms with Crippen molar-refractivity contribution in [3.8, 4) is 5.75 Å². The number of rotatable bonds is 6. The van der Waals surface area contributed by atoms with Crippen molar-refractivity contribution >= 4 is 29.3 Å². The largest absolute Gasteiger partial charge is 0.497 e. The number of ether oxygens (including phenoxy) is 1. The van der Waals surface area contributed by atoms with E-state index in [4.69, 9.17) is 4.74 Å². The third kappa shape index (κ3) is 4.83. The first-order chi connectivity index (χ1) is 13.1. The van der Waals surface area contributed by atoms with Crippen LogP contribution in [0.5, 0.6) is 5.75 Å². The fourth-order valence-electron chi connectivity index (χ4n) is 3.02. The number of thioether (sulfide) groups is 1. The number of hydrogen-bond acceptors (Lipinski definition) is 4. The van der Waals surface area contributed by atoms with E-state index in [-0.39, 0.29) is 17.1 Å². The van der Waals surface area contributed by atoms with Gasteiger partial charge in [-0.05, 0) is 56.2 Å². The van der Waals surface area contributed by atoms with Gasteiger partial charge in [-0.15, -0.1) is 11.8 Å². The normalized spacial score (nSPS) is 14.7. The molecule has 1 N–H and O–H groups in total. The van der Waals surface area contributed by atoms with Gasteiger partial charge in [0, 0.05) is 18.0 Å². The van der Waals surface area contributed by atoms with Gasteiger partial charge in [-0.2, -0.15) is 0 Å². The Morgan fingerprint density at radius 3 is 2.41 bits per heavy atom. The molecule has 1 aliphatic rings. The Kier molecular flexibility index (Phi) is 6.40. The Hall–Kier alpha value is -2.47. The lowest BCUT2D eigenvalue weighted by Gasteiger charge is -2.19. The molecule has 2 aromatic carbocycles. The van der Waals surface area contributed by atoms with E-state index in [0.717, 1.165) is 36.6 Å². The first kappa shape index (κ1) is 19.3. The Labute approximate surface area is 164 Å². The molecule has 1 heterocycles. The average molecular weight is 385 g/mol. The Morgan fingerprint density at radius 1 is 1.07 bits per heavy atom. The van der Waals surface area contributed by atoms with Crippen molar-refractivity contribution in [1.82, 2.24) is 4.90 Å². The monoisotopic (exact) mass is 384 g/mol. The minimum Gasteiger partial charge on any atom is -0.497 e. The highest BCUT2D eigenvalue weighted by molar-refractivity contribution is 8.00. The van der Waals surface area contributed by atoms with Crippen molar-refractivity contribution in [3.05, 3.63) is 54.1 Å². The lowest BCUT2D eigenvalue weighted by atomic mass is 10.1. The minimum atomic E-state index is -0.298. The summed E-state index contributed by atoms with van der Waals surface area (Å²) in [7, 11) is 1.62. The number of carbonyl (C=O) groups is 2. The SMILES string of the molecule is COc1ccc(SC(C)C(=O)Nc2ccccc2C(=O)N2CCCC2)cc1. The Morgan fingerprint density at radius 2 is 1.74 bits per heavy atom. The number of nitrogens with zero attached hydrogens (tertiary/aromatic N) is 1. The molecule has 0 aliphatic carbocycles. The van der Waals surface area contributed by atoms with Crippen LogP contribution in [0.25, 0.3) is 0 Å². The molecular formula is C21H24N2O3S. The van der Waals surface area contributed by atoms with Crippen LogP contribution in [0.15, 0.2) is 53.4 Å². The van der Waals surface area contributed by atoms with Gasteiger partial charge in [0.2, 0.25) is 5.91 Å². The summed E-state index contributed by atoms with van der Waals surface area (Å²) in [6.45, 7) is 3.42. The van der Waals surface area contributed by atoms with E-state index < -0.39 is 0 Å². The van der Waals surface area contributed by atoms with E-state index >= 15 is 0 Å². The van der Waals surface area contributed by atoms with E-state index in [1.165, 1.54) is 11.8 Å². The highest BCUT2D eigenvalue weighted by Gasteiger charge is 2.23. The van der Waals surface area contributed by atoms with Crippen LogP contribution >= 0.6 is 11.8 Å². The van der Waals surface area contributed by atoms with Gasteiger partial charge in [-0.1, -0.05) is 12.1 Å². The van der Waals surface area contributed by atoms with Crippen LogP contribution in [0, 0.1) is 0 Å². The molecule has 0 saturated carbocycles. The zero-order chi connectivity index (χ0) is 19.2. The average Bonchev–Trinajstić information content (AvgIpc) is 3.23. The zero-order valence-corrected chi connectivity index (χ0v) is 16.4. The van der Waals surface area contributed by atoms with Crippen molar-refractivity contribution in [2.75, 3.05) is 25.5 Å². The molecule has 1 saturated heterocycles. The number of para-hydroxylation sites is 1. The predicted molar refractivity (Wildman–Crippen MR) is 109 cm³/mol. The van der Waals surface area contributed by atoms with Crippen LogP contribution in [0.3, 0.4) is 0 Å². The fourth-order valence-corrected chi connectivity index (χ4v) is 3.88. The molecule has 0 bridgehead atoms. The van der Waals surface area contributed by atoms with Gasteiger partial charge in [0.1, 0.15) is 5.75 Å². The second-order valence-corrected chi connectivity index (χ2v) is 7.88. The van der Waals surface area contributed by atoms with Gasteiger partial charge in [-0.3, -0.25) is 9.59 Å².